The molecule has 0 aromatic heterocycles. The molecule has 1 amide bonds. The summed E-state index contributed by atoms with van der Waals surface area (Å²) in [7, 11) is 1.68. The second-order valence-electron chi connectivity index (χ2n) is 5.19. The average Bonchev–Trinajstić information content (AvgIpc) is 2.51. The lowest BCUT2D eigenvalue weighted by Gasteiger charge is -2.30. The molecule has 1 unspecified atom stereocenters. The molecule has 1 aromatic rings. The van der Waals surface area contributed by atoms with E-state index in [0.29, 0.717) is 6.54 Å². The molecule has 0 aliphatic rings. The summed E-state index contributed by atoms with van der Waals surface area (Å²) in [6, 6.07) is 4.97. The van der Waals surface area contributed by atoms with Gasteiger partial charge >= 0.3 is 6.18 Å². The molecule has 0 saturated carbocycles. The molecule has 0 spiro atoms. The first-order valence-corrected chi connectivity index (χ1v) is 7.65. The molecule has 0 saturated heterocycles. The minimum absolute atomic E-state index is 0. The van der Waals surface area contributed by atoms with Crippen LogP contribution >= 0.6 is 12.4 Å². The van der Waals surface area contributed by atoms with Gasteiger partial charge in [-0.2, -0.15) is 13.2 Å². The van der Waals surface area contributed by atoms with Gasteiger partial charge in [0.05, 0.1) is 18.2 Å². The second kappa shape index (κ2) is 10.5. The van der Waals surface area contributed by atoms with Gasteiger partial charge in [-0.1, -0.05) is 26.0 Å². The van der Waals surface area contributed by atoms with Gasteiger partial charge in [0, 0.05) is 6.54 Å². The van der Waals surface area contributed by atoms with Crippen LogP contribution in [0.2, 0.25) is 0 Å². The highest BCUT2D eigenvalue weighted by Crippen LogP contribution is 2.30. The number of benzene rings is 1. The highest BCUT2D eigenvalue weighted by molar-refractivity contribution is 5.85. The molecule has 138 valence electrons. The summed E-state index contributed by atoms with van der Waals surface area (Å²) >= 11 is 0. The Hall–Kier alpha value is -1.31. The summed E-state index contributed by atoms with van der Waals surface area (Å²) in [6.45, 7) is 6.01. The van der Waals surface area contributed by atoms with E-state index in [-0.39, 0.29) is 30.9 Å². The van der Waals surface area contributed by atoms with Gasteiger partial charge < -0.3 is 10.6 Å². The largest absolute Gasteiger partial charge is 0.416 e. The zero-order valence-electron chi connectivity index (χ0n) is 14.1. The van der Waals surface area contributed by atoms with Crippen molar-refractivity contribution >= 4 is 18.3 Å². The Labute approximate surface area is 147 Å². The lowest BCUT2D eigenvalue weighted by Crippen LogP contribution is -2.40. The highest BCUT2D eigenvalue weighted by Gasteiger charge is 2.30. The van der Waals surface area contributed by atoms with E-state index < -0.39 is 11.7 Å². The highest BCUT2D eigenvalue weighted by atomic mass is 35.5. The minimum Gasteiger partial charge on any atom is -0.353 e. The van der Waals surface area contributed by atoms with E-state index in [4.69, 9.17) is 0 Å². The van der Waals surface area contributed by atoms with Gasteiger partial charge in [-0.15, -0.1) is 12.4 Å². The van der Waals surface area contributed by atoms with Crippen molar-refractivity contribution in [3.8, 4) is 0 Å². The van der Waals surface area contributed by atoms with Crippen molar-refractivity contribution in [2.75, 3.05) is 33.2 Å². The number of hydrogen-bond acceptors (Lipinski definition) is 3. The lowest BCUT2D eigenvalue weighted by atomic mass is 10.0. The molecular formula is C16H25ClF3N3O. The number of nitrogens with zero attached hydrogens (tertiary/aromatic N) is 1. The second-order valence-corrected chi connectivity index (χ2v) is 5.19. The van der Waals surface area contributed by atoms with Crippen LogP contribution in [0, 0.1) is 0 Å². The van der Waals surface area contributed by atoms with Gasteiger partial charge in [-0.3, -0.25) is 9.69 Å². The van der Waals surface area contributed by atoms with Gasteiger partial charge in [-0.05, 0) is 37.8 Å². The number of nitrogens with one attached hydrogen (secondary N) is 2. The van der Waals surface area contributed by atoms with Gasteiger partial charge in [-0.25, -0.2) is 0 Å². The predicted octanol–water partition coefficient (Wildman–Crippen LogP) is 2.85. The van der Waals surface area contributed by atoms with Crippen molar-refractivity contribution in [3.63, 3.8) is 0 Å². The Kier molecular flexibility index (Phi) is 9.96. The standard InChI is InChI=1S/C16H24F3N3O.ClH/c1-4-22(5-2)14(10-21-15(23)11-20-3)12-6-8-13(9-7-12)16(17,18)19;/h6-9,14,20H,4-5,10-11H2,1-3H3,(H,21,23);1H. The van der Waals surface area contributed by atoms with Crippen molar-refractivity contribution < 1.29 is 18.0 Å². The summed E-state index contributed by atoms with van der Waals surface area (Å²) in [4.78, 5) is 13.7. The van der Waals surface area contributed by atoms with Gasteiger partial charge in [0.1, 0.15) is 0 Å². The maximum atomic E-state index is 12.7. The maximum absolute atomic E-state index is 12.7. The molecule has 0 radical (unpaired) electrons. The number of rotatable bonds is 8. The van der Waals surface area contributed by atoms with Gasteiger partial charge in [0.25, 0.3) is 0 Å². The Morgan fingerprint density at radius 2 is 1.71 bits per heavy atom. The molecule has 8 heteroatoms. The van der Waals surface area contributed by atoms with Crippen molar-refractivity contribution in [3.05, 3.63) is 35.4 Å². The molecule has 1 aromatic carbocycles. The van der Waals surface area contributed by atoms with Crippen molar-refractivity contribution in [1.29, 1.82) is 0 Å². The fraction of sp³-hybridized carbons (Fsp3) is 0.562. The Balaban J connectivity index is 0.00000529. The van der Waals surface area contributed by atoms with Crippen LogP contribution in [0.3, 0.4) is 0 Å². The number of amides is 1. The predicted molar refractivity (Wildman–Crippen MR) is 91.3 cm³/mol. The van der Waals surface area contributed by atoms with E-state index in [1.54, 1.807) is 7.05 Å². The fourth-order valence-corrected chi connectivity index (χ4v) is 2.45. The smallest absolute Gasteiger partial charge is 0.353 e. The van der Waals surface area contributed by atoms with Crippen LogP contribution in [0.15, 0.2) is 24.3 Å². The van der Waals surface area contributed by atoms with Crippen LogP contribution in [0.1, 0.15) is 31.0 Å². The third-order valence-electron chi connectivity index (χ3n) is 3.71. The van der Waals surface area contributed by atoms with Crippen molar-refractivity contribution in [2.45, 2.75) is 26.1 Å². The number of halogens is 4. The molecule has 0 fully saturated rings. The first kappa shape index (κ1) is 22.7. The maximum Gasteiger partial charge on any atom is 0.416 e. The summed E-state index contributed by atoms with van der Waals surface area (Å²) in [6.07, 6.45) is -4.34. The molecule has 0 aliphatic heterocycles. The number of carbonyl (C=O) groups excluding carboxylic acids is 1. The SMILES string of the molecule is CCN(CC)C(CNC(=O)CNC)c1ccc(C(F)(F)F)cc1.Cl. The van der Waals surface area contributed by atoms with Gasteiger partial charge in [0.15, 0.2) is 0 Å². The lowest BCUT2D eigenvalue weighted by molar-refractivity contribution is -0.137. The van der Waals surface area contributed by atoms with E-state index >= 15 is 0 Å². The number of likely N-dealkylation sites (N-methyl/N-ethyl adjacent to an activating group) is 2. The molecule has 1 rings (SSSR count). The third kappa shape index (κ3) is 6.67. The first-order chi connectivity index (χ1) is 10.8. The Morgan fingerprint density at radius 1 is 1.17 bits per heavy atom. The summed E-state index contributed by atoms with van der Waals surface area (Å²) in [5.41, 5.74) is 0.0882. The number of alkyl halides is 3. The molecule has 24 heavy (non-hydrogen) atoms. The molecular weight excluding hydrogens is 343 g/mol. The summed E-state index contributed by atoms with van der Waals surface area (Å²) in [5, 5.41) is 5.57. The Morgan fingerprint density at radius 3 is 2.12 bits per heavy atom. The van der Waals surface area contributed by atoms with Crippen LogP contribution in [0.4, 0.5) is 13.2 Å². The number of carbonyl (C=O) groups is 1. The minimum atomic E-state index is -4.34. The van der Waals surface area contributed by atoms with Crippen molar-refractivity contribution in [2.24, 2.45) is 0 Å². The summed E-state index contributed by atoms with van der Waals surface area (Å²) < 4.78 is 38.0. The monoisotopic (exact) mass is 367 g/mol. The third-order valence-corrected chi connectivity index (χ3v) is 3.71. The normalized spacial score (nSPS) is 12.6. The molecule has 4 nitrogen and oxygen atoms in total. The zero-order chi connectivity index (χ0) is 17.5. The van der Waals surface area contributed by atoms with E-state index in [2.05, 4.69) is 15.5 Å². The Bertz CT molecular complexity index is 490. The molecule has 1 atom stereocenters. The van der Waals surface area contributed by atoms with E-state index in [1.807, 2.05) is 13.8 Å². The van der Waals surface area contributed by atoms with Crippen LogP contribution in [-0.4, -0.2) is 44.0 Å². The van der Waals surface area contributed by atoms with Gasteiger partial charge in [0.2, 0.25) is 5.91 Å². The average molecular weight is 368 g/mol. The van der Waals surface area contributed by atoms with Crippen LogP contribution in [0.5, 0.6) is 0 Å². The topological polar surface area (TPSA) is 44.4 Å². The molecule has 0 aliphatic carbocycles. The van der Waals surface area contributed by atoms with E-state index in [9.17, 15) is 18.0 Å². The van der Waals surface area contributed by atoms with Crippen LogP contribution in [-0.2, 0) is 11.0 Å². The molecule has 0 bridgehead atoms. The zero-order valence-corrected chi connectivity index (χ0v) is 14.9. The fourth-order valence-electron chi connectivity index (χ4n) is 2.45. The van der Waals surface area contributed by atoms with E-state index in [0.717, 1.165) is 30.8 Å². The molecule has 2 N–H and O–H groups in total. The van der Waals surface area contributed by atoms with Crippen LogP contribution in [0.25, 0.3) is 0 Å². The quantitative estimate of drug-likeness (QED) is 0.742. The van der Waals surface area contributed by atoms with Crippen LogP contribution < -0.4 is 10.6 Å². The molecule has 0 heterocycles. The van der Waals surface area contributed by atoms with Crippen molar-refractivity contribution in [1.82, 2.24) is 15.5 Å². The first-order valence-electron chi connectivity index (χ1n) is 7.65. The van der Waals surface area contributed by atoms with E-state index in [1.165, 1.54) is 12.1 Å². The summed E-state index contributed by atoms with van der Waals surface area (Å²) in [5.74, 6) is -0.142. The number of hydrogen-bond donors (Lipinski definition) is 2.